The molecule has 1 amide bonds. The van der Waals surface area contributed by atoms with Crippen LogP contribution in [0.5, 0.6) is 0 Å². The Balaban J connectivity index is 3.38. The van der Waals surface area contributed by atoms with E-state index in [-0.39, 0.29) is 12.4 Å². The molecule has 4 nitrogen and oxygen atoms in total. The molecule has 0 aromatic heterocycles. The standard InChI is InChI=1S/C6H9NO3/c1-2-10-6(9)3-4-7-5-8/h4-5H,2-3H2,1H3. The van der Waals surface area contributed by atoms with E-state index in [9.17, 15) is 9.59 Å². The van der Waals surface area contributed by atoms with Gasteiger partial charge in [-0.3, -0.25) is 9.59 Å². The van der Waals surface area contributed by atoms with Gasteiger partial charge in [0.15, 0.2) is 0 Å². The molecule has 0 fully saturated rings. The van der Waals surface area contributed by atoms with Gasteiger partial charge in [-0.2, -0.15) is 0 Å². The van der Waals surface area contributed by atoms with Crippen molar-refractivity contribution in [3.8, 4) is 0 Å². The van der Waals surface area contributed by atoms with E-state index in [1.807, 2.05) is 0 Å². The second-order valence-electron chi connectivity index (χ2n) is 1.45. The van der Waals surface area contributed by atoms with Crippen molar-refractivity contribution in [2.45, 2.75) is 13.3 Å². The quantitative estimate of drug-likeness (QED) is 0.320. The molecular formula is C6H9NO3. The molecule has 0 aromatic carbocycles. The molecule has 4 heteroatoms. The van der Waals surface area contributed by atoms with Gasteiger partial charge in [0.2, 0.25) is 6.41 Å². The lowest BCUT2D eigenvalue weighted by Gasteiger charge is -1.94. The Kier molecular flexibility index (Phi) is 5.23. The van der Waals surface area contributed by atoms with Gasteiger partial charge in [0.05, 0.1) is 13.0 Å². The SMILES string of the molecule is CCOC(=O)CC=NC=O. The number of rotatable bonds is 4. The second kappa shape index (κ2) is 5.94. The van der Waals surface area contributed by atoms with Crippen LogP contribution in [0.4, 0.5) is 0 Å². The Bertz CT molecular complexity index is 142. The molecule has 10 heavy (non-hydrogen) atoms. The van der Waals surface area contributed by atoms with Crippen LogP contribution in [0, 0.1) is 0 Å². The monoisotopic (exact) mass is 143 g/mol. The van der Waals surface area contributed by atoms with Gasteiger partial charge in [0, 0.05) is 6.21 Å². The number of hydrogen-bond acceptors (Lipinski definition) is 3. The third kappa shape index (κ3) is 4.96. The lowest BCUT2D eigenvalue weighted by molar-refractivity contribution is -0.141. The van der Waals surface area contributed by atoms with Crippen LogP contribution in [0.25, 0.3) is 0 Å². The molecule has 0 heterocycles. The highest BCUT2D eigenvalue weighted by molar-refractivity contribution is 5.88. The van der Waals surface area contributed by atoms with Gasteiger partial charge in [-0.05, 0) is 6.92 Å². The maximum atomic E-state index is 10.5. The summed E-state index contributed by atoms with van der Waals surface area (Å²) in [5.74, 6) is -0.367. The molecule has 56 valence electrons. The van der Waals surface area contributed by atoms with Gasteiger partial charge in [-0.1, -0.05) is 0 Å². The minimum Gasteiger partial charge on any atom is -0.466 e. The molecule has 0 spiro atoms. The molecule has 0 saturated heterocycles. The smallest absolute Gasteiger partial charge is 0.311 e. The fraction of sp³-hybridized carbons (Fsp3) is 0.500. The van der Waals surface area contributed by atoms with E-state index in [2.05, 4.69) is 9.73 Å². The van der Waals surface area contributed by atoms with Gasteiger partial charge in [0.25, 0.3) is 0 Å². The van der Waals surface area contributed by atoms with Gasteiger partial charge < -0.3 is 4.74 Å². The zero-order valence-electron chi connectivity index (χ0n) is 5.74. The summed E-state index contributed by atoms with van der Waals surface area (Å²) in [5.41, 5.74) is 0. The molecule has 0 bridgehead atoms. The Morgan fingerprint density at radius 1 is 1.70 bits per heavy atom. The molecule has 0 unspecified atom stereocenters. The number of hydrogen-bond donors (Lipinski definition) is 0. The Labute approximate surface area is 58.9 Å². The van der Waals surface area contributed by atoms with Crippen LogP contribution in [0.15, 0.2) is 4.99 Å². The summed E-state index contributed by atoms with van der Waals surface area (Å²) in [5, 5.41) is 0. The summed E-state index contributed by atoms with van der Waals surface area (Å²) in [4.78, 5) is 23.3. The molecule has 0 aromatic rings. The lowest BCUT2D eigenvalue weighted by atomic mass is 10.5. The maximum absolute atomic E-state index is 10.5. The van der Waals surface area contributed by atoms with Crippen molar-refractivity contribution in [1.29, 1.82) is 0 Å². The first-order valence-electron chi connectivity index (χ1n) is 2.92. The highest BCUT2D eigenvalue weighted by Gasteiger charge is 1.95. The fourth-order valence-electron chi connectivity index (χ4n) is 0.390. The van der Waals surface area contributed by atoms with Crippen LogP contribution in [0.1, 0.15) is 13.3 Å². The fourth-order valence-corrected chi connectivity index (χ4v) is 0.390. The summed E-state index contributed by atoms with van der Waals surface area (Å²) in [6, 6.07) is 0. The molecule has 0 aliphatic carbocycles. The van der Waals surface area contributed by atoms with E-state index in [0.29, 0.717) is 13.0 Å². The average Bonchev–Trinajstić information content (AvgIpc) is 1.89. The van der Waals surface area contributed by atoms with E-state index in [4.69, 9.17) is 0 Å². The molecule has 0 atom stereocenters. The zero-order valence-corrected chi connectivity index (χ0v) is 5.74. The largest absolute Gasteiger partial charge is 0.466 e. The van der Waals surface area contributed by atoms with Crippen LogP contribution in [-0.4, -0.2) is 25.2 Å². The van der Waals surface area contributed by atoms with E-state index in [0.717, 1.165) is 0 Å². The summed E-state index contributed by atoms with van der Waals surface area (Å²) in [7, 11) is 0. The van der Waals surface area contributed by atoms with Crippen molar-refractivity contribution in [3.05, 3.63) is 0 Å². The summed E-state index contributed by atoms with van der Waals surface area (Å²) >= 11 is 0. The molecule has 0 aliphatic heterocycles. The molecule has 0 aliphatic rings. The summed E-state index contributed by atoms with van der Waals surface area (Å²) < 4.78 is 4.54. The van der Waals surface area contributed by atoms with Gasteiger partial charge >= 0.3 is 5.97 Å². The van der Waals surface area contributed by atoms with Gasteiger partial charge in [-0.25, -0.2) is 4.99 Å². The number of carbonyl (C=O) groups is 2. The molecular weight excluding hydrogens is 134 g/mol. The van der Waals surface area contributed by atoms with Crippen LogP contribution in [-0.2, 0) is 14.3 Å². The van der Waals surface area contributed by atoms with E-state index in [1.54, 1.807) is 6.92 Å². The van der Waals surface area contributed by atoms with Crippen LogP contribution in [0.3, 0.4) is 0 Å². The highest BCUT2D eigenvalue weighted by atomic mass is 16.5. The predicted octanol–water partition coefficient (Wildman–Crippen LogP) is 0.167. The Hall–Kier alpha value is -1.19. The first-order chi connectivity index (χ1) is 4.81. The lowest BCUT2D eigenvalue weighted by Crippen LogP contribution is -2.03. The number of amides is 1. The number of nitrogens with zero attached hydrogens (tertiary/aromatic N) is 1. The third-order valence-electron chi connectivity index (χ3n) is 0.730. The van der Waals surface area contributed by atoms with Crippen molar-refractivity contribution < 1.29 is 14.3 Å². The van der Waals surface area contributed by atoms with E-state index < -0.39 is 0 Å². The van der Waals surface area contributed by atoms with Crippen molar-refractivity contribution >= 4 is 18.6 Å². The first-order valence-corrected chi connectivity index (χ1v) is 2.92. The minimum absolute atomic E-state index is 0.0621. The maximum Gasteiger partial charge on any atom is 0.311 e. The summed E-state index contributed by atoms with van der Waals surface area (Å²) in [6.45, 7) is 2.07. The molecule has 0 rings (SSSR count). The number of esters is 1. The number of ether oxygens (including phenoxy) is 1. The Morgan fingerprint density at radius 3 is 2.90 bits per heavy atom. The highest BCUT2D eigenvalue weighted by Crippen LogP contribution is 1.81. The van der Waals surface area contributed by atoms with E-state index >= 15 is 0 Å². The van der Waals surface area contributed by atoms with Crippen molar-refractivity contribution in [2.24, 2.45) is 4.99 Å². The number of aliphatic imine (C=N–C) groups is 1. The second-order valence-corrected chi connectivity index (χ2v) is 1.45. The van der Waals surface area contributed by atoms with Crippen molar-refractivity contribution in [1.82, 2.24) is 0 Å². The summed E-state index contributed by atoms with van der Waals surface area (Å²) in [6.07, 6.45) is 1.65. The minimum atomic E-state index is -0.367. The van der Waals surface area contributed by atoms with E-state index in [1.165, 1.54) is 6.21 Å². The van der Waals surface area contributed by atoms with Crippen LogP contribution in [0.2, 0.25) is 0 Å². The molecule has 0 radical (unpaired) electrons. The normalized spacial score (nSPS) is 9.70. The topological polar surface area (TPSA) is 55.7 Å². The molecule has 0 N–H and O–H groups in total. The average molecular weight is 143 g/mol. The van der Waals surface area contributed by atoms with Crippen molar-refractivity contribution in [3.63, 3.8) is 0 Å². The van der Waals surface area contributed by atoms with Gasteiger partial charge in [-0.15, -0.1) is 0 Å². The number of carbonyl (C=O) groups excluding carboxylic acids is 2. The van der Waals surface area contributed by atoms with Crippen LogP contribution >= 0.6 is 0 Å². The first kappa shape index (κ1) is 8.81. The zero-order chi connectivity index (χ0) is 7.82. The van der Waals surface area contributed by atoms with Crippen LogP contribution < -0.4 is 0 Å². The van der Waals surface area contributed by atoms with Gasteiger partial charge in [0.1, 0.15) is 0 Å². The molecule has 0 saturated carbocycles. The third-order valence-corrected chi connectivity index (χ3v) is 0.730. The van der Waals surface area contributed by atoms with Crippen molar-refractivity contribution in [2.75, 3.05) is 6.61 Å². The predicted molar refractivity (Wildman–Crippen MR) is 35.8 cm³/mol. The Morgan fingerprint density at radius 2 is 2.40 bits per heavy atom.